The summed E-state index contributed by atoms with van der Waals surface area (Å²) < 4.78 is 0. The van der Waals surface area contributed by atoms with Gasteiger partial charge in [-0.1, -0.05) is 6.92 Å². The lowest BCUT2D eigenvalue weighted by atomic mass is 10.2. The molecule has 1 aliphatic rings. The highest BCUT2D eigenvalue weighted by molar-refractivity contribution is 7.11. The van der Waals surface area contributed by atoms with Gasteiger partial charge in [0.05, 0.1) is 12.1 Å². The van der Waals surface area contributed by atoms with E-state index in [-0.39, 0.29) is 18.0 Å². The molecular weight excluding hydrogens is 246 g/mol. The summed E-state index contributed by atoms with van der Waals surface area (Å²) in [5, 5.41) is 4.35. The second-order valence-corrected chi connectivity index (χ2v) is 6.08. The largest absolute Gasteiger partial charge is 0.332 e. The van der Waals surface area contributed by atoms with Crippen LogP contribution >= 0.6 is 11.3 Å². The number of thiazole rings is 1. The molecule has 0 radical (unpaired) electrons. The van der Waals surface area contributed by atoms with E-state index in [2.05, 4.69) is 24.1 Å². The van der Waals surface area contributed by atoms with E-state index in [9.17, 15) is 4.79 Å². The molecule has 4 nitrogen and oxygen atoms in total. The fraction of sp³-hybridized carbons (Fsp3) is 0.692. The van der Waals surface area contributed by atoms with Crippen molar-refractivity contribution < 1.29 is 4.79 Å². The highest BCUT2D eigenvalue weighted by Gasteiger charge is 2.35. The van der Waals surface area contributed by atoms with Crippen molar-refractivity contribution in [3.05, 3.63) is 16.1 Å². The molecule has 2 atom stereocenters. The first-order valence-electron chi connectivity index (χ1n) is 6.59. The molecule has 2 rings (SSSR count). The fourth-order valence-corrected chi connectivity index (χ4v) is 3.13. The Morgan fingerprint density at radius 2 is 2.44 bits per heavy atom. The van der Waals surface area contributed by atoms with E-state index in [4.69, 9.17) is 0 Å². The maximum absolute atomic E-state index is 12.3. The predicted molar refractivity (Wildman–Crippen MR) is 73.7 cm³/mol. The van der Waals surface area contributed by atoms with E-state index >= 15 is 0 Å². The van der Waals surface area contributed by atoms with Gasteiger partial charge in [-0.15, -0.1) is 11.3 Å². The average Bonchev–Trinajstić information content (AvgIpc) is 2.93. The third-order valence-electron chi connectivity index (χ3n) is 3.34. The van der Waals surface area contributed by atoms with Crippen LogP contribution < -0.4 is 5.32 Å². The molecule has 0 saturated carbocycles. The van der Waals surface area contributed by atoms with Crippen molar-refractivity contribution in [1.82, 2.24) is 15.2 Å². The second-order valence-electron chi connectivity index (χ2n) is 4.81. The molecule has 0 aliphatic carbocycles. The van der Waals surface area contributed by atoms with Gasteiger partial charge < -0.3 is 10.2 Å². The van der Waals surface area contributed by atoms with Gasteiger partial charge in [0.1, 0.15) is 5.01 Å². The van der Waals surface area contributed by atoms with Crippen molar-refractivity contribution in [1.29, 1.82) is 0 Å². The number of carbonyl (C=O) groups is 1. The number of nitrogens with zero attached hydrogens (tertiary/aromatic N) is 2. The number of hydrogen-bond acceptors (Lipinski definition) is 4. The van der Waals surface area contributed by atoms with E-state index in [1.807, 2.05) is 18.0 Å². The van der Waals surface area contributed by atoms with E-state index < -0.39 is 0 Å². The van der Waals surface area contributed by atoms with Crippen LogP contribution in [0.5, 0.6) is 0 Å². The van der Waals surface area contributed by atoms with Crippen LogP contribution in [-0.4, -0.2) is 34.9 Å². The van der Waals surface area contributed by atoms with Crippen molar-refractivity contribution in [3.8, 4) is 0 Å². The Labute approximate surface area is 112 Å². The lowest BCUT2D eigenvalue weighted by molar-refractivity contribution is -0.131. The first-order valence-corrected chi connectivity index (χ1v) is 7.41. The van der Waals surface area contributed by atoms with Crippen molar-refractivity contribution in [2.75, 3.05) is 13.1 Å². The highest BCUT2D eigenvalue weighted by Crippen LogP contribution is 2.28. The minimum Gasteiger partial charge on any atom is -0.332 e. The zero-order valence-electron chi connectivity index (χ0n) is 11.3. The zero-order chi connectivity index (χ0) is 13.1. The summed E-state index contributed by atoms with van der Waals surface area (Å²) in [6.07, 6.45) is 3.85. The van der Waals surface area contributed by atoms with E-state index in [1.165, 1.54) is 4.88 Å². The number of aromatic nitrogens is 1. The maximum atomic E-state index is 12.3. The summed E-state index contributed by atoms with van der Waals surface area (Å²) in [6, 6.07) is 0.109. The lowest BCUT2D eigenvalue weighted by Crippen LogP contribution is -2.39. The highest BCUT2D eigenvalue weighted by atomic mass is 32.1. The van der Waals surface area contributed by atoms with Crippen molar-refractivity contribution in [2.24, 2.45) is 0 Å². The van der Waals surface area contributed by atoms with Crippen LogP contribution in [0.15, 0.2) is 6.20 Å². The molecule has 1 amide bonds. The summed E-state index contributed by atoms with van der Waals surface area (Å²) in [7, 11) is 0. The first-order chi connectivity index (χ1) is 8.63. The minimum absolute atomic E-state index is 0.00783. The Kier molecular flexibility index (Phi) is 4.35. The lowest BCUT2D eigenvalue weighted by Gasteiger charge is -2.23. The van der Waals surface area contributed by atoms with Gasteiger partial charge in [-0.2, -0.15) is 0 Å². The Morgan fingerprint density at radius 3 is 3.06 bits per heavy atom. The maximum Gasteiger partial charge on any atom is 0.240 e. The smallest absolute Gasteiger partial charge is 0.240 e. The topological polar surface area (TPSA) is 45.2 Å². The van der Waals surface area contributed by atoms with Crippen LogP contribution in [0.25, 0.3) is 0 Å². The van der Waals surface area contributed by atoms with Crippen LogP contribution in [0, 0.1) is 6.92 Å². The Morgan fingerprint density at radius 1 is 1.67 bits per heavy atom. The third kappa shape index (κ3) is 2.72. The van der Waals surface area contributed by atoms with Gasteiger partial charge in [-0.3, -0.25) is 4.79 Å². The van der Waals surface area contributed by atoms with Gasteiger partial charge >= 0.3 is 0 Å². The summed E-state index contributed by atoms with van der Waals surface area (Å²) in [5.41, 5.74) is 0. The van der Waals surface area contributed by atoms with Gasteiger partial charge in [0.15, 0.2) is 0 Å². The van der Waals surface area contributed by atoms with E-state index in [0.29, 0.717) is 0 Å². The van der Waals surface area contributed by atoms with Crippen LogP contribution in [0.3, 0.4) is 0 Å². The minimum atomic E-state index is 0.00783. The summed E-state index contributed by atoms with van der Waals surface area (Å²) >= 11 is 1.68. The molecule has 0 spiro atoms. The molecule has 0 bridgehead atoms. The fourth-order valence-electron chi connectivity index (χ4n) is 2.29. The van der Waals surface area contributed by atoms with Gasteiger partial charge in [0.25, 0.3) is 0 Å². The molecule has 1 N–H and O–H groups in total. The standard InChI is InChI=1S/C13H21N3OS/c1-4-6-14-11-5-7-16(13(11)17)10(3)12-15-8-9(2)18-12/h8,10-11,14H,4-7H2,1-3H3. The number of rotatable bonds is 5. The summed E-state index contributed by atoms with van der Waals surface area (Å²) in [4.78, 5) is 19.8. The van der Waals surface area contributed by atoms with Crippen molar-refractivity contribution >= 4 is 17.2 Å². The monoisotopic (exact) mass is 267 g/mol. The molecule has 1 saturated heterocycles. The summed E-state index contributed by atoms with van der Waals surface area (Å²) in [5.74, 6) is 0.226. The molecule has 1 aromatic heterocycles. The first kappa shape index (κ1) is 13.5. The number of nitrogens with one attached hydrogen (secondary N) is 1. The van der Waals surface area contributed by atoms with Crippen LogP contribution in [0.1, 0.15) is 42.6 Å². The van der Waals surface area contributed by atoms with Crippen molar-refractivity contribution in [3.63, 3.8) is 0 Å². The summed E-state index contributed by atoms with van der Waals surface area (Å²) in [6.45, 7) is 7.98. The van der Waals surface area contributed by atoms with Gasteiger partial charge in [-0.05, 0) is 33.2 Å². The van der Waals surface area contributed by atoms with E-state index in [1.54, 1.807) is 11.3 Å². The second kappa shape index (κ2) is 5.80. The van der Waals surface area contributed by atoms with Gasteiger partial charge in [0.2, 0.25) is 5.91 Å². The number of hydrogen-bond donors (Lipinski definition) is 1. The molecule has 1 fully saturated rings. The molecular formula is C13H21N3OS. The number of aryl methyl sites for hydroxylation is 1. The predicted octanol–water partition coefficient (Wildman–Crippen LogP) is 2.11. The van der Waals surface area contributed by atoms with Crippen LogP contribution in [0.4, 0.5) is 0 Å². The number of amides is 1. The molecule has 2 unspecified atom stereocenters. The third-order valence-corrected chi connectivity index (χ3v) is 4.43. The Bertz CT molecular complexity index is 418. The molecule has 100 valence electrons. The number of carbonyl (C=O) groups excluding carboxylic acids is 1. The molecule has 1 aliphatic heterocycles. The Hall–Kier alpha value is -0.940. The quantitative estimate of drug-likeness (QED) is 0.888. The zero-order valence-corrected chi connectivity index (χ0v) is 12.1. The Balaban J connectivity index is 2.00. The SMILES string of the molecule is CCCNC1CCN(C(C)c2ncc(C)s2)C1=O. The van der Waals surface area contributed by atoms with Gasteiger partial charge in [0, 0.05) is 17.6 Å². The van der Waals surface area contributed by atoms with Gasteiger partial charge in [-0.25, -0.2) is 4.98 Å². The number of likely N-dealkylation sites (tertiary alicyclic amines) is 1. The average molecular weight is 267 g/mol. The normalized spacial score (nSPS) is 21.6. The van der Waals surface area contributed by atoms with Crippen LogP contribution in [-0.2, 0) is 4.79 Å². The van der Waals surface area contributed by atoms with Crippen molar-refractivity contribution in [2.45, 2.75) is 45.7 Å². The molecule has 18 heavy (non-hydrogen) atoms. The molecule has 5 heteroatoms. The molecule has 0 aromatic carbocycles. The van der Waals surface area contributed by atoms with Crippen LogP contribution in [0.2, 0.25) is 0 Å². The molecule has 2 heterocycles. The van der Waals surface area contributed by atoms with E-state index in [0.717, 1.165) is 30.9 Å². The molecule has 1 aromatic rings.